The maximum atomic E-state index is 12.9. The number of rotatable bonds is 4. The van der Waals surface area contributed by atoms with Crippen LogP contribution in [-0.2, 0) is 4.79 Å². The van der Waals surface area contributed by atoms with Gasteiger partial charge in [-0.05, 0) is 49.9 Å². The predicted octanol–water partition coefficient (Wildman–Crippen LogP) is 2.58. The van der Waals surface area contributed by atoms with Crippen molar-refractivity contribution in [3.63, 3.8) is 0 Å². The first-order valence-electron chi connectivity index (χ1n) is 9.38. The van der Waals surface area contributed by atoms with Gasteiger partial charge in [-0.1, -0.05) is 5.16 Å². The van der Waals surface area contributed by atoms with Crippen LogP contribution in [0.5, 0.6) is 5.75 Å². The fourth-order valence-corrected chi connectivity index (χ4v) is 3.83. The molecule has 2 aliphatic rings. The Morgan fingerprint density at radius 2 is 1.85 bits per heavy atom. The summed E-state index contributed by atoms with van der Waals surface area (Å²) in [5.74, 6) is 1.09. The predicted molar refractivity (Wildman–Crippen MR) is 98.4 cm³/mol. The number of ether oxygens (including phenoxy) is 1. The number of methoxy groups -OCH3 is 1. The Labute approximate surface area is 157 Å². The molecule has 27 heavy (non-hydrogen) atoms. The highest BCUT2D eigenvalue weighted by molar-refractivity contribution is 5.97. The van der Waals surface area contributed by atoms with Crippen LogP contribution in [0.25, 0.3) is 11.3 Å². The highest BCUT2D eigenvalue weighted by Crippen LogP contribution is 2.26. The Morgan fingerprint density at radius 3 is 2.56 bits per heavy atom. The highest BCUT2D eigenvalue weighted by atomic mass is 16.5. The van der Waals surface area contributed by atoms with E-state index in [0.29, 0.717) is 18.7 Å². The lowest BCUT2D eigenvalue weighted by Crippen LogP contribution is -2.47. The number of aromatic nitrogens is 1. The van der Waals surface area contributed by atoms with Gasteiger partial charge >= 0.3 is 0 Å². The second-order valence-electron chi connectivity index (χ2n) is 6.99. The molecular weight excluding hydrogens is 346 g/mol. The molecule has 1 atom stereocenters. The smallest absolute Gasteiger partial charge is 0.276 e. The topological polar surface area (TPSA) is 75.9 Å². The van der Waals surface area contributed by atoms with Gasteiger partial charge in [0.1, 0.15) is 11.8 Å². The molecule has 142 valence electrons. The van der Waals surface area contributed by atoms with Crippen LogP contribution >= 0.6 is 0 Å². The zero-order valence-electron chi connectivity index (χ0n) is 15.4. The molecule has 0 N–H and O–H groups in total. The first-order valence-corrected chi connectivity index (χ1v) is 9.38. The van der Waals surface area contributed by atoms with Crippen LogP contribution in [-0.4, -0.2) is 59.6 Å². The van der Waals surface area contributed by atoms with Gasteiger partial charge in [-0.2, -0.15) is 0 Å². The van der Waals surface area contributed by atoms with Gasteiger partial charge in [-0.15, -0.1) is 0 Å². The highest BCUT2D eigenvalue weighted by Gasteiger charge is 2.38. The van der Waals surface area contributed by atoms with E-state index in [9.17, 15) is 9.59 Å². The fraction of sp³-hybridized carbons (Fsp3) is 0.450. The van der Waals surface area contributed by atoms with E-state index in [2.05, 4.69) is 5.16 Å². The van der Waals surface area contributed by atoms with Crippen molar-refractivity contribution in [1.29, 1.82) is 0 Å². The minimum atomic E-state index is -0.378. The summed E-state index contributed by atoms with van der Waals surface area (Å²) in [5, 5.41) is 3.95. The Balaban J connectivity index is 1.50. The van der Waals surface area contributed by atoms with Gasteiger partial charge in [-0.3, -0.25) is 9.59 Å². The molecule has 2 aliphatic heterocycles. The van der Waals surface area contributed by atoms with Crippen LogP contribution in [0.4, 0.5) is 0 Å². The average molecular weight is 369 g/mol. The first kappa shape index (κ1) is 17.6. The molecule has 0 radical (unpaired) electrons. The summed E-state index contributed by atoms with van der Waals surface area (Å²) < 4.78 is 10.5. The minimum Gasteiger partial charge on any atom is -0.497 e. The number of nitrogens with zero attached hydrogens (tertiary/aromatic N) is 3. The molecule has 0 saturated carbocycles. The van der Waals surface area contributed by atoms with E-state index in [1.54, 1.807) is 18.1 Å². The normalized spacial score (nSPS) is 19.5. The summed E-state index contributed by atoms with van der Waals surface area (Å²) >= 11 is 0. The summed E-state index contributed by atoms with van der Waals surface area (Å²) in [7, 11) is 1.61. The van der Waals surface area contributed by atoms with E-state index in [-0.39, 0.29) is 23.6 Å². The number of carbonyl (C=O) groups excluding carboxylic acids is 2. The van der Waals surface area contributed by atoms with Crippen LogP contribution in [0.3, 0.4) is 0 Å². The molecule has 0 bridgehead atoms. The van der Waals surface area contributed by atoms with Gasteiger partial charge in [0.25, 0.3) is 5.91 Å². The summed E-state index contributed by atoms with van der Waals surface area (Å²) in [6.45, 7) is 2.17. The zero-order chi connectivity index (χ0) is 18.8. The molecule has 7 heteroatoms. The molecule has 1 unspecified atom stereocenters. The molecule has 1 aromatic heterocycles. The standard InChI is InChI=1S/C20H23N3O4/c1-26-15-8-6-14(7-9-15)18-13-16(21-27-18)19(24)23-12-4-5-17(23)20(25)22-10-2-3-11-22/h6-9,13,17H,2-5,10-12H2,1H3. The molecule has 2 fully saturated rings. The van der Waals surface area contributed by atoms with Crippen molar-refractivity contribution in [3.05, 3.63) is 36.0 Å². The monoisotopic (exact) mass is 369 g/mol. The summed E-state index contributed by atoms with van der Waals surface area (Å²) in [5.41, 5.74) is 1.05. The fourth-order valence-electron chi connectivity index (χ4n) is 3.83. The average Bonchev–Trinajstić information content (AvgIpc) is 3.48. The van der Waals surface area contributed by atoms with Crippen molar-refractivity contribution >= 4 is 11.8 Å². The molecule has 2 saturated heterocycles. The van der Waals surface area contributed by atoms with Gasteiger partial charge in [0.05, 0.1) is 7.11 Å². The van der Waals surface area contributed by atoms with Crippen LogP contribution < -0.4 is 4.74 Å². The minimum absolute atomic E-state index is 0.0669. The maximum Gasteiger partial charge on any atom is 0.276 e. The van der Waals surface area contributed by atoms with Gasteiger partial charge in [0.2, 0.25) is 5.91 Å². The largest absolute Gasteiger partial charge is 0.497 e. The van der Waals surface area contributed by atoms with Gasteiger partial charge in [-0.25, -0.2) is 0 Å². The third-order valence-corrected chi connectivity index (χ3v) is 5.32. The number of benzene rings is 1. The summed E-state index contributed by atoms with van der Waals surface area (Å²) in [6, 6.07) is 8.61. The molecule has 4 rings (SSSR count). The second-order valence-corrected chi connectivity index (χ2v) is 6.99. The van der Waals surface area contributed by atoms with Gasteiger partial charge in [0, 0.05) is 31.3 Å². The SMILES string of the molecule is COc1ccc(-c2cc(C(=O)N3CCCC3C(=O)N3CCCC3)no2)cc1. The van der Waals surface area contributed by atoms with Crippen molar-refractivity contribution in [3.8, 4) is 17.1 Å². The first-order chi connectivity index (χ1) is 13.2. The maximum absolute atomic E-state index is 12.9. The Bertz CT molecular complexity index is 824. The number of carbonyl (C=O) groups is 2. The molecule has 2 aromatic rings. The van der Waals surface area contributed by atoms with Crippen LogP contribution in [0.2, 0.25) is 0 Å². The molecule has 7 nitrogen and oxygen atoms in total. The number of amides is 2. The van der Waals surface area contributed by atoms with E-state index in [0.717, 1.165) is 43.7 Å². The van der Waals surface area contributed by atoms with Crippen LogP contribution in [0.15, 0.2) is 34.9 Å². The molecule has 0 spiro atoms. The number of hydrogen-bond acceptors (Lipinski definition) is 5. The number of hydrogen-bond donors (Lipinski definition) is 0. The number of likely N-dealkylation sites (tertiary alicyclic amines) is 2. The van der Waals surface area contributed by atoms with E-state index in [4.69, 9.17) is 9.26 Å². The lowest BCUT2D eigenvalue weighted by atomic mass is 10.1. The van der Waals surface area contributed by atoms with E-state index in [1.807, 2.05) is 29.2 Å². The lowest BCUT2D eigenvalue weighted by Gasteiger charge is -2.27. The quantitative estimate of drug-likeness (QED) is 0.828. The lowest BCUT2D eigenvalue weighted by molar-refractivity contribution is -0.134. The van der Waals surface area contributed by atoms with Crippen LogP contribution in [0.1, 0.15) is 36.2 Å². The summed E-state index contributed by atoms with van der Waals surface area (Å²) in [6.07, 6.45) is 3.63. The Hall–Kier alpha value is -2.83. The Morgan fingerprint density at radius 1 is 1.11 bits per heavy atom. The summed E-state index contributed by atoms with van der Waals surface area (Å²) in [4.78, 5) is 29.2. The van der Waals surface area contributed by atoms with Gasteiger partial charge < -0.3 is 19.1 Å². The second kappa shape index (κ2) is 7.42. The van der Waals surface area contributed by atoms with Crippen LogP contribution in [0, 0.1) is 0 Å². The third-order valence-electron chi connectivity index (χ3n) is 5.32. The Kier molecular flexibility index (Phi) is 4.83. The van der Waals surface area contributed by atoms with Crippen molar-refractivity contribution in [2.45, 2.75) is 31.7 Å². The van der Waals surface area contributed by atoms with Crippen molar-refractivity contribution in [2.24, 2.45) is 0 Å². The molecule has 2 amide bonds. The van der Waals surface area contributed by atoms with Gasteiger partial charge in [0.15, 0.2) is 11.5 Å². The third kappa shape index (κ3) is 3.41. The van der Waals surface area contributed by atoms with E-state index >= 15 is 0 Å². The van der Waals surface area contributed by atoms with E-state index < -0.39 is 0 Å². The van der Waals surface area contributed by atoms with Crippen molar-refractivity contribution in [2.75, 3.05) is 26.7 Å². The zero-order valence-corrected chi connectivity index (χ0v) is 15.4. The molecule has 0 aliphatic carbocycles. The molecular formula is C20H23N3O4. The van der Waals surface area contributed by atoms with E-state index in [1.165, 1.54) is 0 Å². The molecule has 3 heterocycles. The van der Waals surface area contributed by atoms with Crippen molar-refractivity contribution in [1.82, 2.24) is 15.0 Å². The van der Waals surface area contributed by atoms with Crippen molar-refractivity contribution < 1.29 is 18.8 Å². The molecule has 1 aromatic carbocycles.